The number of Topliss-reactive ketones (excluding diaryl/α,β-unsaturated/α-hetero) is 1. The number of aryl methyl sites for hydroxylation is 2. The fraction of sp³-hybridized carbons (Fsp3) is 0.182. The summed E-state index contributed by atoms with van der Waals surface area (Å²) < 4.78 is 12.9. The van der Waals surface area contributed by atoms with Crippen LogP contribution < -0.4 is 10.6 Å². The summed E-state index contributed by atoms with van der Waals surface area (Å²) in [5, 5.41) is 5.88. The van der Waals surface area contributed by atoms with Crippen LogP contribution in [0.5, 0.6) is 0 Å². The second-order valence-electron chi connectivity index (χ2n) is 6.65. The van der Waals surface area contributed by atoms with Crippen molar-refractivity contribution in [3.8, 4) is 0 Å². The van der Waals surface area contributed by atoms with E-state index in [0.717, 1.165) is 17.1 Å². The van der Waals surface area contributed by atoms with Crippen LogP contribution in [-0.2, 0) is 4.79 Å². The lowest BCUT2D eigenvalue weighted by molar-refractivity contribution is -0.116. The molecule has 0 aliphatic heterocycles. The molecule has 1 aromatic heterocycles. The van der Waals surface area contributed by atoms with Gasteiger partial charge in [0.15, 0.2) is 5.78 Å². The Hall–Kier alpha value is -3.61. The molecule has 0 spiro atoms. The van der Waals surface area contributed by atoms with Gasteiger partial charge in [-0.1, -0.05) is 0 Å². The lowest BCUT2D eigenvalue weighted by Gasteiger charge is -2.09. The van der Waals surface area contributed by atoms with E-state index >= 15 is 0 Å². The maximum atomic E-state index is 12.9. The van der Waals surface area contributed by atoms with Crippen LogP contribution in [0, 0.1) is 19.7 Å². The molecule has 148 valence electrons. The van der Waals surface area contributed by atoms with Crippen LogP contribution in [-0.4, -0.2) is 21.7 Å². The zero-order chi connectivity index (χ0) is 20.8. The molecule has 29 heavy (non-hydrogen) atoms. The van der Waals surface area contributed by atoms with Crippen LogP contribution in [0.4, 0.5) is 21.7 Å². The van der Waals surface area contributed by atoms with Gasteiger partial charge in [0.1, 0.15) is 5.82 Å². The van der Waals surface area contributed by atoms with Crippen LogP contribution in [0.15, 0.2) is 54.6 Å². The topological polar surface area (TPSA) is 84.0 Å². The molecule has 0 saturated heterocycles. The minimum absolute atomic E-state index is 0.0482. The normalized spacial score (nSPS) is 10.4. The molecular weight excluding hydrogens is 371 g/mol. The lowest BCUT2D eigenvalue weighted by Crippen LogP contribution is -2.13. The molecule has 1 heterocycles. The number of hydrogen-bond acceptors (Lipinski definition) is 5. The van der Waals surface area contributed by atoms with Gasteiger partial charge in [-0.15, -0.1) is 0 Å². The van der Waals surface area contributed by atoms with E-state index in [1.54, 1.807) is 24.3 Å². The van der Waals surface area contributed by atoms with Gasteiger partial charge in [-0.05, 0) is 68.4 Å². The van der Waals surface area contributed by atoms with E-state index in [0.29, 0.717) is 17.2 Å². The molecule has 0 saturated carbocycles. The van der Waals surface area contributed by atoms with E-state index < -0.39 is 5.82 Å². The summed E-state index contributed by atoms with van der Waals surface area (Å²) >= 11 is 0. The maximum absolute atomic E-state index is 12.9. The number of ketones is 1. The maximum Gasteiger partial charge on any atom is 0.227 e. The van der Waals surface area contributed by atoms with Crippen LogP contribution in [0.3, 0.4) is 0 Å². The third kappa shape index (κ3) is 5.93. The summed E-state index contributed by atoms with van der Waals surface area (Å²) in [6.45, 7) is 3.80. The van der Waals surface area contributed by atoms with Crippen LogP contribution in [0.2, 0.25) is 0 Å². The first-order chi connectivity index (χ1) is 13.9. The number of aromatic nitrogens is 2. The van der Waals surface area contributed by atoms with Crippen molar-refractivity contribution in [3.63, 3.8) is 0 Å². The Labute approximate surface area is 168 Å². The highest BCUT2D eigenvalue weighted by Gasteiger charge is 2.10. The Morgan fingerprint density at radius 2 is 1.45 bits per heavy atom. The standard InChI is InChI=1S/C22H21FN4O2/c1-14-13-15(2)25-22(24-14)27-19-9-7-18(8-10-19)26-21(29)12-11-20(28)16-3-5-17(23)6-4-16/h3-10,13H,11-12H2,1-2H3,(H,26,29)(H,24,25,27). The Morgan fingerprint density at radius 1 is 0.862 bits per heavy atom. The molecule has 2 aromatic carbocycles. The summed E-state index contributed by atoms with van der Waals surface area (Å²) in [4.78, 5) is 32.8. The van der Waals surface area contributed by atoms with Gasteiger partial charge in [0.05, 0.1) is 0 Å². The monoisotopic (exact) mass is 392 g/mol. The molecule has 7 heteroatoms. The second kappa shape index (κ2) is 9.05. The lowest BCUT2D eigenvalue weighted by atomic mass is 10.1. The number of benzene rings is 2. The highest BCUT2D eigenvalue weighted by atomic mass is 19.1. The minimum Gasteiger partial charge on any atom is -0.326 e. The predicted octanol–water partition coefficient (Wildman–Crippen LogP) is 4.58. The smallest absolute Gasteiger partial charge is 0.227 e. The largest absolute Gasteiger partial charge is 0.326 e. The summed E-state index contributed by atoms with van der Waals surface area (Å²) in [7, 11) is 0. The first kappa shape index (κ1) is 20.1. The minimum atomic E-state index is -0.402. The average molecular weight is 392 g/mol. The van der Waals surface area contributed by atoms with Crippen molar-refractivity contribution < 1.29 is 14.0 Å². The summed E-state index contributed by atoms with van der Waals surface area (Å²) in [6.07, 6.45) is 0.105. The first-order valence-corrected chi connectivity index (χ1v) is 9.17. The average Bonchev–Trinajstić information content (AvgIpc) is 2.67. The molecule has 3 rings (SSSR count). The third-order valence-corrected chi connectivity index (χ3v) is 4.15. The van der Waals surface area contributed by atoms with Crippen molar-refractivity contribution in [3.05, 3.63) is 77.4 Å². The number of nitrogens with one attached hydrogen (secondary N) is 2. The van der Waals surface area contributed by atoms with E-state index in [1.807, 2.05) is 19.9 Å². The van der Waals surface area contributed by atoms with Gasteiger partial charge in [-0.3, -0.25) is 9.59 Å². The van der Waals surface area contributed by atoms with Crippen LogP contribution in [0.25, 0.3) is 0 Å². The van der Waals surface area contributed by atoms with Crippen molar-refractivity contribution in [1.82, 2.24) is 9.97 Å². The summed E-state index contributed by atoms with van der Waals surface area (Å²) in [5.74, 6) is -0.355. The third-order valence-electron chi connectivity index (χ3n) is 4.15. The highest BCUT2D eigenvalue weighted by molar-refractivity contribution is 6.00. The zero-order valence-electron chi connectivity index (χ0n) is 16.2. The fourth-order valence-corrected chi connectivity index (χ4v) is 2.78. The molecule has 6 nitrogen and oxygen atoms in total. The van der Waals surface area contributed by atoms with E-state index in [9.17, 15) is 14.0 Å². The zero-order valence-corrected chi connectivity index (χ0v) is 16.2. The Bertz CT molecular complexity index is 998. The van der Waals surface area contributed by atoms with Gasteiger partial charge in [-0.2, -0.15) is 0 Å². The van der Waals surface area contributed by atoms with Crippen molar-refractivity contribution in [2.75, 3.05) is 10.6 Å². The highest BCUT2D eigenvalue weighted by Crippen LogP contribution is 2.18. The molecule has 0 fully saturated rings. The second-order valence-corrected chi connectivity index (χ2v) is 6.65. The Balaban J connectivity index is 1.51. The van der Waals surface area contributed by atoms with Gasteiger partial charge in [0, 0.05) is 41.2 Å². The van der Waals surface area contributed by atoms with Crippen molar-refractivity contribution in [1.29, 1.82) is 0 Å². The predicted molar refractivity (Wildman–Crippen MR) is 110 cm³/mol. The molecule has 2 N–H and O–H groups in total. The Kier molecular flexibility index (Phi) is 6.29. The molecule has 0 atom stereocenters. The molecule has 0 radical (unpaired) electrons. The van der Waals surface area contributed by atoms with E-state index in [4.69, 9.17) is 0 Å². The Morgan fingerprint density at radius 3 is 2.07 bits per heavy atom. The van der Waals surface area contributed by atoms with Gasteiger partial charge in [-0.25, -0.2) is 14.4 Å². The van der Waals surface area contributed by atoms with E-state index in [1.165, 1.54) is 24.3 Å². The molecule has 0 unspecified atom stereocenters. The number of carbonyl (C=O) groups excluding carboxylic acids is 2. The van der Waals surface area contributed by atoms with Crippen molar-refractivity contribution in [2.45, 2.75) is 26.7 Å². The quantitative estimate of drug-likeness (QED) is 0.575. The van der Waals surface area contributed by atoms with Crippen molar-refractivity contribution in [2.24, 2.45) is 0 Å². The first-order valence-electron chi connectivity index (χ1n) is 9.17. The fourth-order valence-electron chi connectivity index (χ4n) is 2.78. The molecule has 0 bridgehead atoms. The van der Waals surface area contributed by atoms with E-state index in [2.05, 4.69) is 20.6 Å². The van der Waals surface area contributed by atoms with Crippen LogP contribution in [0.1, 0.15) is 34.6 Å². The van der Waals surface area contributed by atoms with Gasteiger partial charge < -0.3 is 10.6 Å². The van der Waals surface area contributed by atoms with Gasteiger partial charge >= 0.3 is 0 Å². The number of rotatable bonds is 7. The number of amides is 1. The van der Waals surface area contributed by atoms with Crippen LogP contribution >= 0.6 is 0 Å². The number of carbonyl (C=O) groups is 2. The molecule has 0 aliphatic carbocycles. The van der Waals surface area contributed by atoms with E-state index in [-0.39, 0.29) is 24.5 Å². The van der Waals surface area contributed by atoms with Gasteiger partial charge in [0.25, 0.3) is 0 Å². The number of halogens is 1. The summed E-state index contributed by atoms with van der Waals surface area (Å²) in [5.41, 5.74) is 3.55. The SMILES string of the molecule is Cc1cc(C)nc(Nc2ccc(NC(=O)CCC(=O)c3ccc(F)cc3)cc2)n1. The number of hydrogen-bond donors (Lipinski definition) is 2. The van der Waals surface area contributed by atoms with Gasteiger partial charge in [0.2, 0.25) is 11.9 Å². The molecular formula is C22H21FN4O2. The van der Waals surface area contributed by atoms with Crippen molar-refractivity contribution >= 4 is 29.0 Å². The number of anilines is 3. The summed E-state index contributed by atoms with van der Waals surface area (Å²) in [6, 6.07) is 14.3. The molecule has 1 amide bonds. The number of nitrogens with zero attached hydrogens (tertiary/aromatic N) is 2. The molecule has 3 aromatic rings. The molecule has 0 aliphatic rings.